The van der Waals surface area contributed by atoms with E-state index >= 15 is 0 Å². The number of aliphatic hydroxyl groups excluding tert-OH is 1. The predicted octanol–water partition coefficient (Wildman–Crippen LogP) is 7.99. The predicted molar refractivity (Wildman–Crippen MR) is 170 cm³/mol. The van der Waals surface area contributed by atoms with E-state index in [1.54, 1.807) is 13.8 Å². The third-order valence-electron chi connectivity index (χ3n) is 8.18. The Balaban J connectivity index is 2.28. The van der Waals surface area contributed by atoms with Crippen molar-refractivity contribution in [2.45, 2.75) is 168 Å². The number of aliphatic hydroxyl groups is 1. The van der Waals surface area contributed by atoms with Crippen LogP contribution in [0.4, 0.5) is 0 Å². The molecule has 1 heterocycles. The summed E-state index contributed by atoms with van der Waals surface area (Å²) in [6.07, 6.45) is 9.39. The highest BCUT2D eigenvalue weighted by atomic mass is 31.2. The average molecular weight is 639 g/mol. The summed E-state index contributed by atoms with van der Waals surface area (Å²) in [6.45, 7) is 20.6. The van der Waals surface area contributed by atoms with E-state index in [0.717, 1.165) is 44.9 Å². The van der Waals surface area contributed by atoms with Crippen molar-refractivity contribution in [1.29, 1.82) is 0 Å². The molecule has 0 radical (unpaired) electrons. The Morgan fingerprint density at radius 1 is 0.952 bits per heavy atom. The Morgan fingerprint density at radius 2 is 1.48 bits per heavy atom. The first-order valence-electron chi connectivity index (χ1n) is 16.2. The minimum absolute atomic E-state index is 0.0524. The van der Waals surface area contributed by atoms with E-state index in [-0.39, 0.29) is 55.4 Å². The Labute approximate surface area is 257 Å². The highest BCUT2D eigenvalue weighted by Gasteiger charge is 2.48. The molecule has 250 valence electrons. The molecule has 1 N–H and O–H groups in total. The normalized spacial score (nSPS) is 20.9. The molecule has 9 nitrogen and oxygen atoms in total. The van der Waals surface area contributed by atoms with Crippen molar-refractivity contribution in [3.63, 3.8) is 0 Å². The summed E-state index contributed by atoms with van der Waals surface area (Å²) < 4.78 is 47.3. The monoisotopic (exact) mass is 638 g/mol. The zero-order valence-corrected chi connectivity index (χ0v) is 30.3. The molecule has 0 saturated carbocycles. The van der Waals surface area contributed by atoms with E-state index in [2.05, 4.69) is 33.9 Å². The Bertz CT molecular complexity index is 805. The van der Waals surface area contributed by atoms with Crippen LogP contribution < -0.4 is 0 Å². The average Bonchev–Trinajstić information content (AvgIpc) is 3.16. The van der Waals surface area contributed by atoms with Crippen molar-refractivity contribution in [3.05, 3.63) is 0 Å². The molecule has 4 atom stereocenters. The van der Waals surface area contributed by atoms with Gasteiger partial charge in [0.25, 0.3) is 0 Å². The van der Waals surface area contributed by atoms with Gasteiger partial charge in [0, 0.05) is 0 Å². The van der Waals surface area contributed by atoms with Gasteiger partial charge in [-0.1, -0.05) is 65.7 Å². The number of ether oxygens (including phenoxy) is 3. The van der Waals surface area contributed by atoms with Gasteiger partial charge in [-0.25, -0.2) is 0 Å². The molecule has 11 heteroatoms. The molecule has 0 aliphatic carbocycles. The van der Waals surface area contributed by atoms with E-state index in [1.165, 1.54) is 19.3 Å². The first kappa shape index (κ1) is 39.7. The summed E-state index contributed by atoms with van der Waals surface area (Å²) in [5.41, 5.74) is 0. The highest BCUT2D eigenvalue weighted by molar-refractivity contribution is 7.54. The van der Waals surface area contributed by atoms with Gasteiger partial charge >= 0.3 is 13.6 Å². The zero-order valence-electron chi connectivity index (χ0n) is 28.4. The molecule has 42 heavy (non-hydrogen) atoms. The molecular weight excluding hydrogens is 575 g/mol. The number of unbranched alkanes of at least 4 members (excludes halogenated alkanes) is 7. The molecule has 0 aromatic heterocycles. The smallest absolute Gasteiger partial charge is 0.341 e. The molecule has 1 rings (SSSR count). The fourth-order valence-corrected chi connectivity index (χ4v) is 7.76. The maximum atomic E-state index is 12.5. The van der Waals surface area contributed by atoms with Gasteiger partial charge in [0.1, 0.15) is 12.3 Å². The lowest BCUT2D eigenvalue weighted by molar-refractivity contribution is -0.156. The number of hydrogen-bond donors (Lipinski definition) is 1. The SMILES string of the molecule is CCOP(=O)(CC(=O)O[C@@H](C)CCCCCCCCCC[C@H]1OC(C)(C)O[C@H]1[C@H](CO)O[Si](C)(C)C(C)(C)C)OCC. The molecule has 0 aromatic carbocycles. The third-order valence-corrected chi connectivity index (χ3v) is 14.6. The van der Waals surface area contributed by atoms with E-state index < -0.39 is 27.7 Å². The fourth-order valence-electron chi connectivity index (χ4n) is 5.00. The lowest BCUT2D eigenvalue weighted by atomic mass is 10.0. The summed E-state index contributed by atoms with van der Waals surface area (Å²) in [5.74, 6) is -1.21. The maximum Gasteiger partial charge on any atom is 0.341 e. The van der Waals surface area contributed by atoms with Crippen molar-refractivity contribution in [2.24, 2.45) is 0 Å². The molecule has 1 aliphatic rings. The van der Waals surface area contributed by atoms with Gasteiger partial charge in [-0.2, -0.15) is 0 Å². The van der Waals surface area contributed by atoms with Crippen LogP contribution in [0.15, 0.2) is 0 Å². The standard InChI is InChI=1S/C31H63O9PSi/c1-11-35-41(34,36-12-2)24-28(33)37-25(3)21-19-17-15-13-14-16-18-20-22-26-29(39-31(7,8)38-26)27(23-32)40-42(9,10)30(4,5)6/h25-27,29,32H,11-24H2,1-10H3/t25-,26+,27-,29+/m0/s1. The van der Waals surface area contributed by atoms with Crippen LogP contribution in [-0.4, -0.2) is 75.6 Å². The van der Waals surface area contributed by atoms with Crippen LogP contribution in [0, 0.1) is 0 Å². The van der Waals surface area contributed by atoms with Gasteiger partial charge in [0.15, 0.2) is 14.1 Å². The van der Waals surface area contributed by atoms with Crippen LogP contribution in [0.1, 0.15) is 120 Å². The van der Waals surface area contributed by atoms with E-state index in [4.69, 9.17) is 27.7 Å². The summed E-state index contributed by atoms with van der Waals surface area (Å²) >= 11 is 0. The van der Waals surface area contributed by atoms with Gasteiger partial charge in [-0.05, 0) is 72.0 Å². The molecule has 1 aliphatic heterocycles. The molecule has 0 amide bonds. The second-order valence-corrected chi connectivity index (χ2v) is 20.4. The summed E-state index contributed by atoms with van der Waals surface area (Å²) in [4.78, 5) is 12.2. The summed E-state index contributed by atoms with van der Waals surface area (Å²) in [6, 6.07) is 0. The molecular formula is C31H63O9PSi. The summed E-state index contributed by atoms with van der Waals surface area (Å²) in [5, 5.41) is 10.3. The van der Waals surface area contributed by atoms with Crippen LogP contribution in [0.2, 0.25) is 18.1 Å². The van der Waals surface area contributed by atoms with Crippen LogP contribution >= 0.6 is 7.60 Å². The maximum absolute atomic E-state index is 12.5. The van der Waals surface area contributed by atoms with Crippen molar-refractivity contribution in [1.82, 2.24) is 0 Å². The van der Waals surface area contributed by atoms with Gasteiger partial charge in [0.05, 0.1) is 38.1 Å². The highest BCUT2D eigenvalue weighted by Crippen LogP contribution is 2.48. The number of carbonyl (C=O) groups is 1. The van der Waals surface area contributed by atoms with Crippen LogP contribution in [0.25, 0.3) is 0 Å². The zero-order chi connectivity index (χ0) is 32.0. The lowest BCUT2D eigenvalue weighted by Crippen LogP contribution is -2.50. The lowest BCUT2D eigenvalue weighted by Gasteiger charge is -2.40. The Morgan fingerprint density at radius 3 is 1.98 bits per heavy atom. The van der Waals surface area contributed by atoms with Crippen LogP contribution in [0.3, 0.4) is 0 Å². The number of carbonyl (C=O) groups excluding carboxylic acids is 1. The number of hydrogen-bond acceptors (Lipinski definition) is 9. The Hall–Kier alpha value is -0.323. The topological polar surface area (TPSA) is 110 Å². The van der Waals surface area contributed by atoms with Crippen molar-refractivity contribution >= 4 is 21.9 Å². The minimum Gasteiger partial charge on any atom is -0.462 e. The first-order chi connectivity index (χ1) is 19.5. The second kappa shape index (κ2) is 18.6. The number of rotatable bonds is 22. The van der Waals surface area contributed by atoms with Gasteiger partial charge < -0.3 is 32.8 Å². The molecule has 1 fully saturated rings. The minimum atomic E-state index is -3.42. The largest absolute Gasteiger partial charge is 0.462 e. The molecule has 1 saturated heterocycles. The van der Waals surface area contributed by atoms with Crippen molar-refractivity contribution in [2.75, 3.05) is 26.0 Å². The van der Waals surface area contributed by atoms with Gasteiger partial charge in [-0.15, -0.1) is 0 Å². The van der Waals surface area contributed by atoms with Gasteiger partial charge in [0.2, 0.25) is 0 Å². The quantitative estimate of drug-likeness (QED) is 0.0546. The van der Waals surface area contributed by atoms with Crippen molar-refractivity contribution in [3.8, 4) is 0 Å². The molecule has 0 spiro atoms. The van der Waals surface area contributed by atoms with Crippen LogP contribution in [0.5, 0.6) is 0 Å². The Kier molecular flexibility index (Phi) is 17.6. The third kappa shape index (κ3) is 14.6. The summed E-state index contributed by atoms with van der Waals surface area (Å²) in [7, 11) is -5.48. The van der Waals surface area contributed by atoms with Crippen LogP contribution in [-0.2, 0) is 37.0 Å². The van der Waals surface area contributed by atoms with Crippen molar-refractivity contribution < 1.29 is 42.2 Å². The molecule has 0 unspecified atom stereocenters. The van der Waals surface area contributed by atoms with E-state index in [0.29, 0.717) is 0 Å². The second-order valence-electron chi connectivity index (χ2n) is 13.5. The fraction of sp³-hybridized carbons (Fsp3) is 0.968. The van der Waals surface area contributed by atoms with E-state index in [1.807, 2.05) is 20.8 Å². The first-order valence-corrected chi connectivity index (χ1v) is 20.8. The van der Waals surface area contributed by atoms with E-state index in [9.17, 15) is 14.5 Å². The molecule has 0 bridgehead atoms. The number of esters is 1. The van der Waals surface area contributed by atoms with Gasteiger partial charge in [-0.3, -0.25) is 9.36 Å². The molecule has 0 aromatic rings.